The molecule has 2 atom stereocenters. The number of pyridine rings is 2. The second-order valence-corrected chi connectivity index (χ2v) is 15.5. The highest BCUT2D eigenvalue weighted by atomic mass is 19.1. The largest absolute Gasteiger partial charge is 0.258 e. The van der Waals surface area contributed by atoms with Gasteiger partial charge >= 0.3 is 0 Å². The highest BCUT2D eigenvalue weighted by molar-refractivity contribution is 6.01. The second-order valence-electron chi connectivity index (χ2n) is 15.5. The predicted octanol–water partition coefficient (Wildman–Crippen LogP) is 8.83. The second kappa shape index (κ2) is 10.3. The van der Waals surface area contributed by atoms with E-state index in [4.69, 9.17) is 5.10 Å². The molecule has 46 heavy (non-hydrogen) atoms. The fourth-order valence-electron chi connectivity index (χ4n) is 9.12. The van der Waals surface area contributed by atoms with Crippen LogP contribution >= 0.6 is 0 Å². The van der Waals surface area contributed by atoms with E-state index in [1.165, 1.54) is 33.3 Å². The summed E-state index contributed by atoms with van der Waals surface area (Å²) >= 11 is 0. The van der Waals surface area contributed by atoms with Crippen molar-refractivity contribution in [2.75, 3.05) is 0 Å². The molecule has 0 radical (unpaired) electrons. The molecule has 2 aliphatic rings. The molecule has 3 aromatic heterocycles. The molecule has 7 rings (SSSR count). The number of benzene rings is 2. The summed E-state index contributed by atoms with van der Waals surface area (Å²) < 4.78 is 23.1. The van der Waals surface area contributed by atoms with Gasteiger partial charge < -0.3 is 0 Å². The maximum absolute atomic E-state index is 16.1. The van der Waals surface area contributed by atoms with E-state index in [0.29, 0.717) is 0 Å². The molecule has 1 aliphatic heterocycles. The molecule has 238 valence electrons. The molecule has 4 nitrogen and oxygen atoms in total. The summed E-state index contributed by atoms with van der Waals surface area (Å²) in [5.41, 5.74) is 8.27. The molecule has 5 aromatic rings. The van der Waals surface area contributed by atoms with Gasteiger partial charge in [-0.25, -0.2) is 4.39 Å². The Balaban J connectivity index is 1.39. The van der Waals surface area contributed by atoms with Crippen LogP contribution in [0.4, 0.5) is 4.39 Å². The predicted molar refractivity (Wildman–Crippen MR) is 184 cm³/mol. The van der Waals surface area contributed by atoms with Crippen molar-refractivity contribution in [3.05, 3.63) is 101 Å². The van der Waals surface area contributed by atoms with E-state index in [1.807, 2.05) is 0 Å². The number of hydrogen-bond acceptors (Lipinski definition) is 1. The molecule has 0 saturated carbocycles. The summed E-state index contributed by atoms with van der Waals surface area (Å²) in [5, 5.41) is 7.72. The molecule has 0 fully saturated rings. The Morgan fingerprint density at radius 2 is 1.67 bits per heavy atom. The van der Waals surface area contributed by atoms with Gasteiger partial charge in [0.15, 0.2) is 17.9 Å². The number of nitrogens with zero attached hydrogens (tertiary/aromatic N) is 4. The molecule has 0 bridgehead atoms. The van der Waals surface area contributed by atoms with Crippen LogP contribution in [0.1, 0.15) is 103 Å². The normalized spacial score (nSPS) is 21.2. The van der Waals surface area contributed by atoms with Crippen molar-refractivity contribution in [1.29, 1.82) is 0 Å². The van der Waals surface area contributed by atoms with E-state index in [-0.39, 0.29) is 22.2 Å². The Morgan fingerprint density at radius 1 is 0.891 bits per heavy atom. The maximum Gasteiger partial charge on any atom is 0.230 e. The van der Waals surface area contributed by atoms with Crippen molar-refractivity contribution >= 4 is 10.8 Å². The number of halogens is 1. The Bertz CT molecular complexity index is 2010. The molecule has 5 heteroatoms. The van der Waals surface area contributed by atoms with Gasteiger partial charge in [-0.2, -0.15) is 14.2 Å². The summed E-state index contributed by atoms with van der Waals surface area (Å²) in [4.78, 5) is 0. The first-order valence-electron chi connectivity index (χ1n) is 17.2. The standard InChI is InChI=1S/C41H49FN4/c1-10-40(8)29-19-20-30(42)36-35(29)37-34-27(16-14-17-28(34)39(36,6)7)21-25-45(37)41(40,11-2)22-15-24-46-32(26-33(43-46)38(3,4)5)31-18-12-13-23-44(31)9/h12-14,16-21,23,25-26H,10-11,15,22,24H2,1-9H3/q+2. The van der Waals surface area contributed by atoms with Crippen molar-refractivity contribution in [2.24, 2.45) is 7.05 Å². The molecule has 0 N–H and O–H groups in total. The van der Waals surface area contributed by atoms with Crippen LogP contribution in [0.15, 0.2) is 73.1 Å². The minimum atomic E-state index is -0.434. The summed E-state index contributed by atoms with van der Waals surface area (Å²) in [6, 6.07) is 21.4. The van der Waals surface area contributed by atoms with Gasteiger partial charge in [0.1, 0.15) is 18.6 Å². The van der Waals surface area contributed by atoms with Crippen LogP contribution in [-0.4, -0.2) is 9.78 Å². The summed E-state index contributed by atoms with van der Waals surface area (Å²) in [6.45, 7) is 19.1. The Morgan fingerprint density at radius 3 is 2.37 bits per heavy atom. The first-order chi connectivity index (χ1) is 21.8. The first kappa shape index (κ1) is 30.8. The van der Waals surface area contributed by atoms with E-state index in [0.717, 1.165) is 54.7 Å². The van der Waals surface area contributed by atoms with Crippen LogP contribution in [0.5, 0.6) is 0 Å². The van der Waals surface area contributed by atoms with E-state index in [2.05, 4.69) is 143 Å². The highest BCUT2D eigenvalue weighted by Gasteiger charge is 2.61. The van der Waals surface area contributed by atoms with Gasteiger partial charge in [-0.05, 0) is 54.5 Å². The Hall–Kier alpha value is -3.86. The fraction of sp³-hybridized carbons (Fsp3) is 0.439. The lowest BCUT2D eigenvalue weighted by Gasteiger charge is -2.50. The van der Waals surface area contributed by atoms with Crippen LogP contribution in [0.2, 0.25) is 0 Å². The van der Waals surface area contributed by atoms with Crippen LogP contribution < -0.4 is 9.13 Å². The summed E-state index contributed by atoms with van der Waals surface area (Å²) in [6.07, 6.45) is 8.32. The number of hydrogen-bond donors (Lipinski definition) is 0. The average molecular weight is 617 g/mol. The Labute approximate surface area is 273 Å². The number of rotatable bonds is 7. The third-order valence-corrected chi connectivity index (χ3v) is 11.9. The molecular weight excluding hydrogens is 567 g/mol. The van der Waals surface area contributed by atoms with Crippen LogP contribution in [0, 0.1) is 5.82 Å². The SMILES string of the molecule is CCC1(C)c2ccc(F)c3c2-c2c4c(cccc4cc[n+]2C1(CC)CCCn1nc(C(C)(C)C)cc1-c1cccc[n+]1C)C3(C)C. The van der Waals surface area contributed by atoms with Crippen molar-refractivity contribution in [3.8, 4) is 22.6 Å². The van der Waals surface area contributed by atoms with Gasteiger partial charge in [-0.15, -0.1) is 0 Å². The molecule has 1 aliphatic carbocycles. The lowest BCUT2D eigenvalue weighted by atomic mass is 9.55. The maximum atomic E-state index is 16.1. The molecule has 0 saturated heterocycles. The summed E-state index contributed by atoms with van der Waals surface area (Å²) in [7, 11) is 2.11. The van der Waals surface area contributed by atoms with E-state index in [9.17, 15) is 0 Å². The minimum Gasteiger partial charge on any atom is -0.258 e. The molecule has 0 spiro atoms. The third-order valence-electron chi connectivity index (χ3n) is 11.9. The first-order valence-corrected chi connectivity index (χ1v) is 17.2. The van der Waals surface area contributed by atoms with E-state index < -0.39 is 5.41 Å². The summed E-state index contributed by atoms with van der Waals surface area (Å²) in [5.74, 6) is -0.0980. The van der Waals surface area contributed by atoms with Crippen LogP contribution in [0.3, 0.4) is 0 Å². The van der Waals surface area contributed by atoms with Gasteiger partial charge in [0.2, 0.25) is 11.4 Å². The monoisotopic (exact) mass is 616 g/mol. The van der Waals surface area contributed by atoms with Crippen molar-refractivity contribution in [1.82, 2.24) is 9.78 Å². The zero-order chi connectivity index (χ0) is 32.8. The molecule has 0 amide bonds. The number of aromatic nitrogens is 4. The van der Waals surface area contributed by atoms with E-state index >= 15 is 4.39 Å². The van der Waals surface area contributed by atoms with Gasteiger partial charge in [-0.3, -0.25) is 4.68 Å². The van der Waals surface area contributed by atoms with Gasteiger partial charge in [0, 0.05) is 54.0 Å². The minimum absolute atomic E-state index is 0.0477. The van der Waals surface area contributed by atoms with Gasteiger partial charge in [0.05, 0.1) is 22.1 Å². The van der Waals surface area contributed by atoms with Crippen LogP contribution in [-0.2, 0) is 35.4 Å². The average Bonchev–Trinajstić information content (AvgIpc) is 3.46. The van der Waals surface area contributed by atoms with E-state index in [1.54, 1.807) is 6.07 Å². The molecule has 4 heterocycles. The highest BCUT2D eigenvalue weighted by Crippen LogP contribution is 2.58. The quantitative estimate of drug-likeness (QED) is 0.168. The zero-order valence-electron chi connectivity index (χ0n) is 29.1. The topological polar surface area (TPSA) is 25.6 Å². The third kappa shape index (κ3) is 4.06. The smallest absolute Gasteiger partial charge is 0.230 e. The van der Waals surface area contributed by atoms with Crippen molar-refractivity contribution < 1.29 is 13.5 Å². The molecule has 2 aromatic carbocycles. The fourth-order valence-corrected chi connectivity index (χ4v) is 9.12. The molecule has 2 unspecified atom stereocenters. The lowest BCUT2D eigenvalue weighted by Crippen LogP contribution is -2.69. The van der Waals surface area contributed by atoms with Crippen LogP contribution in [0.25, 0.3) is 33.4 Å². The molecular formula is C41H49FN4+2. The number of aryl methyl sites for hydroxylation is 2. The Kier molecular flexibility index (Phi) is 6.91. The van der Waals surface area contributed by atoms with Gasteiger partial charge in [0.25, 0.3) is 0 Å². The van der Waals surface area contributed by atoms with Crippen molar-refractivity contribution in [3.63, 3.8) is 0 Å². The van der Waals surface area contributed by atoms with Crippen molar-refractivity contribution in [2.45, 2.75) is 109 Å². The van der Waals surface area contributed by atoms with Gasteiger partial charge in [-0.1, -0.05) is 72.7 Å². The zero-order valence-corrected chi connectivity index (χ0v) is 29.1. The lowest BCUT2D eigenvalue weighted by molar-refractivity contribution is -0.769.